The Labute approximate surface area is 198 Å². The van der Waals surface area contributed by atoms with Crippen LogP contribution in [0, 0.1) is 0 Å². The molecule has 0 aromatic heterocycles. The van der Waals surface area contributed by atoms with Crippen LogP contribution in [0.5, 0.6) is 0 Å². The zero-order valence-corrected chi connectivity index (χ0v) is 19.5. The molecule has 9 heteroatoms. The number of carbonyl (C=O) groups is 1. The minimum atomic E-state index is -0.821. The molecule has 30 heavy (non-hydrogen) atoms. The van der Waals surface area contributed by atoms with Gasteiger partial charge in [0.1, 0.15) is 12.7 Å². The number of benzene rings is 2. The van der Waals surface area contributed by atoms with Gasteiger partial charge < -0.3 is 19.9 Å². The summed E-state index contributed by atoms with van der Waals surface area (Å²) in [4.78, 5) is 14.5. The molecule has 1 saturated heterocycles. The summed E-state index contributed by atoms with van der Waals surface area (Å²) < 4.78 is 10.7. The monoisotopic (exact) mass is 474 g/mol. The number of ether oxygens (including phenoxy) is 2. The molecule has 1 heterocycles. The molecule has 168 valence electrons. The minimum absolute atomic E-state index is 0. The van der Waals surface area contributed by atoms with Gasteiger partial charge in [0.15, 0.2) is 0 Å². The molecule has 0 unspecified atom stereocenters. The predicted molar refractivity (Wildman–Crippen MR) is 130 cm³/mol. The van der Waals surface area contributed by atoms with Crippen LogP contribution in [0.2, 0.25) is 0 Å². The van der Waals surface area contributed by atoms with Crippen LogP contribution in [0.15, 0.2) is 60.7 Å². The average molecular weight is 475 g/mol. The lowest BCUT2D eigenvalue weighted by Crippen LogP contribution is -2.50. The molecule has 1 aliphatic rings. The molecule has 6 nitrogen and oxygen atoms in total. The van der Waals surface area contributed by atoms with Crippen LogP contribution in [0.25, 0.3) is 0 Å². The van der Waals surface area contributed by atoms with E-state index in [1.165, 1.54) is 0 Å². The minimum Gasteiger partial charge on any atom is -0.445 e. The van der Waals surface area contributed by atoms with Gasteiger partial charge in [-0.15, -0.1) is 12.4 Å². The highest BCUT2D eigenvalue weighted by Crippen LogP contribution is 2.18. The first kappa shape index (κ1) is 28.6. The number of hydrogen-bond acceptors (Lipinski definition) is 5. The Morgan fingerprint density at radius 2 is 1.60 bits per heavy atom. The fraction of sp³-hybridized carbons (Fsp3) is 0.381. The second-order valence-electron chi connectivity index (χ2n) is 6.58. The quantitative estimate of drug-likeness (QED) is 0.645. The molecule has 3 rings (SSSR count). The van der Waals surface area contributed by atoms with E-state index in [2.05, 4.69) is 10.2 Å². The third kappa shape index (κ3) is 9.16. The van der Waals surface area contributed by atoms with Crippen molar-refractivity contribution < 1.29 is 19.4 Å². The number of nitrogens with zero attached hydrogens (tertiary/aromatic N) is 1. The molecule has 1 amide bonds. The Kier molecular flexibility index (Phi) is 14.7. The maximum absolute atomic E-state index is 12.3. The summed E-state index contributed by atoms with van der Waals surface area (Å²) in [5.74, 6) is 0. The second kappa shape index (κ2) is 15.4. The molecule has 0 radical (unpaired) electrons. The smallest absolute Gasteiger partial charge is 0.407 e. The summed E-state index contributed by atoms with van der Waals surface area (Å²) in [5, 5.41) is 13.7. The molecule has 0 spiro atoms. The number of alkyl carbamates (subject to hydrolysis) is 1. The van der Waals surface area contributed by atoms with Gasteiger partial charge >= 0.3 is 6.09 Å². The number of halogens is 1. The Balaban J connectivity index is 0.00000280. The van der Waals surface area contributed by atoms with E-state index in [-0.39, 0.29) is 46.0 Å². The number of aliphatic hydroxyl groups excluding tert-OH is 1. The van der Waals surface area contributed by atoms with Gasteiger partial charge in [0.25, 0.3) is 0 Å². The number of morpholine rings is 1. The first-order valence-corrected chi connectivity index (χ1v) is 9.23. The first-order valence-electron chi connectivity index (χ1n) is 9.23. The van der Waals surface area contributed by atoms with Crippen LogP contribution in [0.4, 0.5) is 4.79 Å². The van der Waals surface area contributed by atoms with E-state index < -0.39 is 18.2 Å². The summed E-state index contributed by atoms with van der Waals surface area (Å²) >= 11 is 0. The van der Waals surface area contributed by atoms with Crippen LogP contribution in [-0.4, -0.2) is 55.0 Å². The molecule has 0 saturated carbocycles. The number of nitrogens with one attached hydrogen (secondary N) is 1. The zero-order chi connectivity index (χ0) is 18.9. The predicted octanol–water partition coefficient (Wildman–Crippen LogP) is 2.99. The van der Waals surface area contributed by atoms with Crippen LogP contribution < -0.4 is 5.32 Å². The van der Waals surface area contributed by atoms with Gasteiger partial charge in [0.2, 0.25) is 0 Å². The molecule has 2 N–H and O–H groups in total. The molecule has 0 aliphatic carbocycles. The van der Waals surface area contributed by atoms with Gasteiger partial charge in [0, 0.05) is 19.6 Å². The number of hydrogen-bond donors (Lipinski definition) is 2. The second-order valence-corrected chi connectivity index (χ2v) is 6.58. The van der Waals surface area contributed by atoms with Crippen molar-refractivity contribution in [1.82, 2.24) is 10.2 Å². The van der Waals surface area contributed by atoms with Crippen molar-refractivity contribution in [2.75, 3.05) is 32.8 Å². The maximum Gasteiger partial charge on any atom is 0.407 e. The van der Waals surface area contributed by atoms with Crippen molar-refractivity contribution >= 4 is 45.5 Å². The Morgan fingerprint density at radius 1 is 1.03 bits per heavy atom. The molecule has 2 aromatic rings. The molecule has 0 bridgehead atoms. The molecule has 2 atom stereocenters. The molecular formula is C21H31ClN2O4S2. The lowest BCUT2D eigenvalue weighted by Gasteiger charge is -2.32. The fourth-order valence-electron chi connectivity index (χ4n) is 3.09. The number of carbonyl (C=O) groups excluding carboxylic acids is 1. The SMILES string of the molecule is Cl.O=C(N[C@@H](CN1CCOCC1)[C@@H](O)c1ccccc1)OCc1ccccc1.S.S. The third-order valence-electron chi connectivity index (χ3n) is 4.60. The van der Waals surface area contributed by atoms with Gasteiger partial charge in [-0.25, -0.2) is 4.79 Å². The summed E-state index contributed by atoms with van der Waals surface area (Å²) in [5.41, 5.74) is 1.68. The molecule has 1 fully saturated rings. The normalized spacial score (nSPS) is 15.4. The highest BCUT2D eigenvalue weighted by atomic mass is 35.5. The van der Waals surface area contributed by atoms with E-state index >= 15 is 0 Å². The zero-order valence-electron chi connectivity index (χ0n) is 16.7. The van der Waals surface area contributed by atoms with E-state index in [1.807, 2.05) is 60.7 Å². The van der Waals surface area contributed by atoms with Gasteiger partial charge in [-0.1, -0.05) is 60.7 Å². The van der Waals surface area contributed by atoms with Gasteiger partial charge in [-0.3, -0.25) is 4.90 Å². The van der Waals surface area contributed by atoms with Crippen LogP contribution in [0.3, 0.4) is 0 Å². The Hall–Kier alpha value is -1.42. The van der Waals surface area contributed by atoms with Crippen molar-refractivity contribution in [1.29, 1.82) is 0 Å². The lowest BCUT2D eigenvalue weighted by molar-refractivity contribution is 0.0194. The van der Waals surface area contributed by atoms with Gasteiger partial charge in [-0.2, -0.15) is 27.0 Å². The van der Waals surface area contributed by atoms with E-state index in [4.69, 9.17) is 9.47 Å². The van der Waals surface area contributed by atoms with Crippen molar-refractivity contribution in [3.63, 3.8) is 0 Å². The maximum atomic E-state index is 12.3. The van der Waals surface area contributed by atoms with E-state index in [0.29, 0.717) is 19.8 Å². The first-order chi connectivity index (χ1) is 13.2. The fourth-order valence-corrected chi connectivity index (χ4v) is 3.09. The number of rotatable bonds is 7. The van der Waals surface area contributed by atoms with Crippen molar-refractivity contribution in [2.24, 2.45) is 0 Å². The molecule has 1 aliphatic heterocycles. The van der Waals surface area contributed by atoms with Crippen LogP contribution in [0.1, 0.15) is 17.2 Å². The average Bonchev–Trinajstić information content (AvgIpc) is 2.73. The molecular weight excluding hydrogens is 444 g/mol. The Morgan fingerprint density at radius 3 is 2.20 bits per heavy atom. The summed E-state index contributed by atoms with van der Waals surface area (Å²) in [6, 6.07) is 18.4. The van der Waals surface area contributed by atoms with E-state index in [1.54, 1.807) is 0 Å². The van der Waals surface area contributed by atoms with Crippen molar-refractivity contribution in [2.45, 2.75) is 18.8 Å². The standard InChI is InChI=1S/C21H26N2O4.ClH.2H2S/c24-20(18-9-5-2-6-10-18)19(15-23-11-13-26-14-12-23)22-21(25)27-16-17-7-3-1-4-8-17;;;/h1-10,19-20,24H,11-16H2,(H,22,25);1H;2*1H2/t19-,20-;;;/m0.../s1. The van der Waals surface area contributed by atoms with Gasteiger partial charge in [-0.05, 0) is 11.1 Å². The highest BCUT2D eigenvalue weighted by Gasteiger charge is 2.26. The van der Waals surface area contributed by atoms with Crippen molar-refractivity contribution in [3.05, 3.63) is 71.8 Å². The topological polar surface area (TPSA) is 71.0 Å². The largest absolute Gasteiger partial charge is 0.445 e. The van der Waals surface area contributed by atoms with Gasteiger partial charge in [0.05, 0.1) is 19.3 Å². The van der Waals surface area contributed by atoms with Crippen molar-refractivity contribution in [3.8, 4) is 0 Å². The highest BCUT2D eigenvalue weighted by molar-refractivity contribution is 7.59. The van der Waals surface area contributed by atoms with Crippen LogP contribution >= 0.6 is 39.4 Å². The Bertz CT molecular complexity index is 707. The summed E-state index contributed by atoms with van der Waals surface area (Å²) in [6.45, 7) is 3.59. The third-order valence-corrected chi connectivity index (χ3v) is 4.60. The molecule has 2 aromatic carbocycles. The number of amides is 1. The van der Waals surface area contributed by atoms with E-state index in [9.17, 15) is 9.90 Å². The summed E-state index contributed by atoms with van der Waals surface area (Å²) in [7, 11) is 0. The number of aliphatic hydroxyl groups is 1. The lowest BCUT2D eigenvalue weighted by atomic mass is 10.0. The van der Waals surface area contributed by atoms with Crippen LogP contribution in [-0.2, 0) is 16.1 Å². The van der Waals surface area contributed by atoms with E-state index in [0.717, 1.165) is 24.2 Å². The summed E-state index contributed by atoms with van der Waals surface area (Å²) in [6.07, 6.45) is -1.36.